The largest absolute Gasteiger partial charge is 0.351 e. The summed E-state index contributed by atoms with van der Waals surface area (Å²) in [6.45, 7) is 5.47. The van der Waals surface area contributed by atoms with Crippen molar-refractivity contribution in [3.05, 3.63) is 83.4 Å². The number of amides is 1. The van der Waals surface area contributed by atoms with Gasteiger partial charge in [0.05, 0.1) is 0 Å². The molecule has 0 unspecified atom stereocenters. The van der Waals surface area contributed by atoms with Gasteiger partial charge in [-0.15, -0.1) is 11.8 Å². The van der Waals surface area contributed by atoms with Crippen molar-refractivity contribution in [2.45, 2.75) is 25.3 Å². The monoisotopic (exact) mass is 365 g/mol. The van der Waals surface area contributed by atoms with E-state index in [9.17, 15) is 4.79 Å². The maximum absolute atomic E-state index is 12.2. The average Bonchev–Trinajstić information content (AvgIpc) is 3.05. The number of carbonyl (C=O) groups excluding carboxylic acids is 1. The van der Waals surface area contributed by atoms with E-state index in [1.807, 2.05) is 37.4 Å². The van der Waals surface area contributed by atoms with Gasteiger partial charge in [0.1, 0.15) is 5.82 Å². The lowest BCUT2D eigenvalue weighted by Gasteiger charge is -2.08. The van der Waals surface area contributed by atoms with Crippen LogP contribution in [0, 0.1) is 13.8 Å². The Balaban J connectivity index is 1.45. The van der Waals surface area contributed by atoms with Crippen molar-refractivity contribution in [3.8, 4) is 0 Å². The third kappa shape index (κ3) is 4.99. The zero-order valence-electron chi connectivity index (χ0n) is 15.1. The van der Waals surface area contributed by atoms with Crippen LogP contribution >= 0.6 is 11.8 Å². The topological polar surface area (TPSA) is 46.9 Å². The number of aromatic nitrogens is 2. The first-order valence-corrected chi connectivity index (χ1v) is 9.65. The number of hydrogen-bond acceptors (Lipinski definition) is 3. The molecule has 0 fully saturated rings. The number of rotatable bonds is 7. The molecule has 0 bridgehead atoms. The van der Waals surface area contributed by atoms with E-state index < -0.39 is 0 Å². The maximum Gasteiger partial charge on any atom is 0.251 e. The van der Waals surface area contributed by atoms with Crippen LogP contribution in [0.4, 0.5) is 0 Å². The summed E-state index contributed by atoms with van der Waals surface area (Å²) in [6, 6.07) is 16.2. The van der Waals surface area contributed by atoms with Crippen LogP contribution in [0.5, 0.6) is 0 Å². The van der Waals surface area contributed by atoms with Crippen molar-refractivity contribution < 1.29 is 4.79 Å². The fraction of sp³-hybridized carbons (Fsp3) is 0.238. The fourth-order valence-corrected chi connectivity index (χ4v) is 3.37. The van der Waals surface area contributed by atoms with Crippen LogP contribution in [-0.2, 0) is 6.54 Å². The van der Waals surface area contributed by atoms with Crippen molar-refractivity contribution in [2.24, 2.45) is 0 Å². The molecular formula is C21H23N3OS. The van der Waals surface area contributed by atoms with Crippen molar-refractivity contribution >= 4 is 17.7 Å². The van der Waals surface area contributed by atoms with Crippen LogP contribution in [0.1, 0.15) is 27.3 Å². The van der Waals surface area contributed by atoms with E-state index >= 15 is 0 Å². The van der Waals surface area contributed by atoms with E-state index in [4.69, 9.17) is 0 Å². The summed E-state index contributed by atoms with van der Waals surface area (Å²) >= 11 is 1.75. The molecule has 4 nitrogen and oxygen atoms in total. The highest BCUT2D eigenvalue weighted by Crippen LogP contribution is 2.17. The number of benzene rings is 2. The number of thioether (sulfide) groups is 1. The summed E-state index contributed by atoms with van der Waals surface area (Å²) in [4.78, 5) is 17.7. The first-order chi connectivity index (χ1) is 12.6. The highest BCUT2D eigenvalue weighted by atomic mass is 32.2. The van der Waals surface area contributed by atoms with Crippen LogP contribution in [0.25, 0.3) is 0 Å². The van der Waals surface area contributed by atoms with Crippen molar-refractivity contribution in [2.75, 3.05) is 12.3 Å². The first kappa shape index (κ1) is 18.3. The molecule has 0 aliphatic rings. The summed E-state index contributed by atoms with van der Waals surface area (Å²) in [6.07, 6.45) is 3.76. The standard InChI is InChI=1S/C21H23N3OS/c1-16-3-9-20(10-4-16)26-14-12-23-21(25)19-7-5-18(6-8-19)15-24-13-11-22-17(24)2/h3-11,13H,12,14-15H2,1-2H3,(H,23,25). The highest BCUT2D eigenvalue weighted by molar-refractivity contribution is 7.99. The molecule has 0 atom stereocenters. The molecule has 0 radical (unpaired) electrons. The van der Waals surface area contributed by atoms with Crippen LogP contribution in [0.3, 0.4) is 0 Å². The predicted molar refractivity (Wildman–Crippen MR) is 107 cm³/mol. The van der Waals surface area contributed by atoms with Crippen LogP contribution in [0.15, 0.2) is 65.8 Å². The molecule has 0 saturated heterocycles. The fourth-order valence-electron chi connectivity index (χ4n) is 2.60. The molecule has 0 saturated carbocycles. The first-order valence-electron chi connectivity index (χ1n) is 8.66. The quantitative estimate of drug-likeness (QED) is 0.507. The molecule has 26 heavy (non-hydrogen) atoms. The number of nitrogens with one attached hydrogen (secondary N) is 1. The van der Waals surface area contributed by atoms with Crippen molar-refractivity contribution in [1.82, 2.24) is 14.9 Å². The second-order valence-corrected chi connectivity index (χ2v) is 7.39. The van der Waals surface area contributed by atoms with Crippen molar-refractivity contribution in [1.29, 1.82) is 0 Å². The molecule has 1 aromatic heterocycles. The SMILES string of the molecule is Cc1ccc(SCCNC(=O)c2ccc(Cn3ccnc3C)cc2)cc1. The number of nitrogens with zero attached hydrogens (tertiary/aromatic N) is 2. The Morgan fingerprint density at radius 1 is 1.08 bits per heavy atom. The molecule has 1 N–H and O–H groups in total. The van der Waals surface area contributed by atoms with Gasteiger partial charge in [-0.2, -0.15) is 0 Å². The summed E-state index contributed by atoms with van der Waals surface area (Å²) < 4.78 is 2.08. The Morgan fingerprint density at radius 2 is 1.81 bits per heavy atom. The minimum absolute atomic E-state index is 0.0279. The smallest absolute Gasteiger partial charge is 0.251 e. The van der Waals surface area contributed by atoms with E-state index in [-0.39, 0.29) is 5.91 Å². The van der Waals surface area contributed by atoms with Gasteiger partial charge in [0.25, 0.3) is 5.91 Å². The molecule has 3 rings (SSSR count). The van der Waals surface area contributed by atoms with Crippen LogP contribution in [-0.4, -0.2) is 27.8 Å². The van der Waals surface area contributed by atoms with Gasteiger partial charge < -0.3 is 9.88 Å². The minimum Gasteiger partial charge on any atom is -0.351 e. The van der Waals surface area contributed by atoms with Crippen LogP contribution < -0.4 is 5.32 Å². The molecule has 0 spiro atoms. The number of carbonyl (C=O) groups is 1. The lowest BCUT2D eigenvalue weighted by atomic mass is 10.1. The third-order valence-corrected chi connectivity index (χ3v) is 5.18. The van der Waals surface area contributed by atoms with Gasteiger partial charge in [0.2, 0.25) is 0 Å². The average molecular weight is 366 g/mol. The van der Waals surface area contributed by atoms with Gasteiger partial charge in [0.15, 0.2) is 0 Å². The third-order valence-electron chi connectivity index (χ3n) is 4.17. The van der Waals surface area contributed by atoms with Gasteiger partial charge in [0, 0.05) is 41.7 Å². The van der Waals surface area contributed by atoms with E-state index in [2.05, 4.69) is 46.1 Å². The molecule has 3 aromatic rings. The van der Waals surface area contributed by atoms with E-state index in [1.165, 1.54) is 10.5 Å². The van der Waals surface area contributed by atoms with Crippen molar-refractivity contribution in [3.63, 3.8) is 0 Å². The molecule has 2 aromatic carbocycles. The highest BCUT2D eigenvalue weighted by Gasteiger charge is 2.06. The molecule has 0 aliphatic carbocycles. The molecule has 134 valence electrons. The number of imidazole rings is 1. The summed E-state index contributed by atoms with van der Waals surface area (Å²) in [5.74, 6) is 1.81. The molecule has 1 heterocycles. The van der Waals surface area contributed by atoms with Gasteiger partial charge in [-0.1, -0.05) is 29.8 Å². The van der Waals surface area contributed by atoms with Gasteiger partial charge in [-0.3, -0.25) is 4.79 Å². The second-order valence-electron chi connectivity index (χ2n) is 6.22. The van der Waals surface area contributed by atoms with Gasteiger partial charge in [-0.05, 0) is 43.7 Å². The zero-order chi connectivity index (χ0) is 18.4. The molecular weight excluding hydrogens is 342 g/mol. The lowest BCUT2D eigenvalue weighted by molar-refractivity contribution is 0.0956. The Bertz CT molecular complexity index is 854. The second kappa shape index (κ2) is 8.72. The lowest BCUT2D eigenvalue weighted by Crippen LogP contribution is -2.25. The molecule has 0 aliphatic heterocycles. The van der Waals surface area contributed by atoms with E-state index in [0.29, 0.717) is 12.1 Å². The normalized spacial score (nSPS) is 10.7. The predicted octanol–water partition coefficient (Wildman–Crippen LogP) is 4.07. The Hall–Kier alpha value is -2.53. The summed E-state index contributed by atoms with van der Waals surface area (Å²) in [7, 11) is 0. The number of aryl methyl sites for hydroxylation is 2. The Kier molecular flexibility index (Phi) is 6.12. The summed E-state index contributed by atoms with van der Waals surface area (Å²) in [5, 5.41) is 2.98. The molecule has 1 amide bonds. The van der Waals surface area contributed by atoms with E-state index in [0.717, 1.165) is 23.7 Å². The van der Waals surface area contributed by atoms with Gasteiger partial charge >= 0.3 is 0 Å². The summed E-state index contributed by atoms with van der Waals surface area (Å²) in [5.41, 5.74) is 3.10. The molecule has 5 heteroatoms. The Labute approximate surface area is 158 Å². The van der Waals surface area contributed by atoms with Gasteiger partial charge in [-0.25, -0.2) is 4.98 Å². The maximum atomic E-state index is 12.2. The number of hydrogen-bond donors (Lipinski definition) is 1. The van der Waals surface area contributed by atoms with E-state index in [1.54, 1.807) is 18.0 Å². The minimum atomic E-state index is -0.0279. The van der Waals surface area contributed by atoms with Crippen LogP contribution in [0.2, 0.25) is 0 Å². The Morgan fingerprint density at radius 3 is 2.46 bits per heavy atom. The zero-order valence-corrected chi connectivity index (χ0v) is 15.9.